The molecular formula is C13H12BrF3N2O2. The minimum Gasteiger partial charge on any atom is -0.341 e. The number of carbonyl (C=O) groups is 2. The van der Waals surface area contributed by atoms with E-state index in [0.717, 1.165) is 17.0 Å². The maximum absolute atomic E-state index is 12.8. The Bertz CT molecular complexity index is 614. The molecule has 8 heteroatoms. The molecule has 0 bridgehead atoms. The number of carbonyl (C=O) groups excluding carboxylic acids is 2. The average molecular weight is 365 g/mol. The fourth-order valence-corrected chi connectivity index (χ4v) is 2.58. The predicted octanol–water partition coefficient (Wildman–Crippen LogP) is 2.71. The Morgan fingerprint density at radius 3 is 2.43 bits per heavy atom. The fraction of sp³-hybridized carbons (Fsp3) is 0.385. The number of hydrogen-bond acceptors (Lipinski definition) is 2. The van der Waals surface area contributed by atoms with Crippen molar-refractivity contribution in [3.05, 3.63) is 28.2 Å². The highest BCUT2D eigenvalue weighted by Crippen LogP contribution is 2.35. The van der Waals surface area contributed by atoms with E-state index in [0.29, 0.717) is 0 Å². The Balaban J connectivity index is 2.48. The Hall–Kier alpha value is -1.57. The molecule has 0 spiro atoms. The number of amides is 2. The second-order valence-electron chi connectivity index (χ2n) is 5.26. The molecule has 1 aromatic rings. The Morgan fingerprint density at radius 1 is 1.24 bits per heavy atom. The monoisotopic (exact) mass is 364 g/mol. The van der Waals surface area contributed by atoms with Crippen LogP contribution >= 0.6 is 15.9 Å². The quantitative estimate of drug-likeness (QED) is 0.832. The van der Waals surface area contributed by atoms with Crippen molar-refractivity contribution in [2.75, 3.05) is 11.4 Å². The van der Waals surface area contributed by atoms with Crippen LogP contribution < -0.4 is 10.2 Å². The van der Waals surface area contributed by atoms with E-state index in [1.54, 1.807) is 0 Å². The highest BCUT2D eigenvalue weighted by Gasteiger charge is 2.40. The molecule has 2 amide bonds. The van der Waals surface area contributed by atoms with E-state index in [2.05, 4.69) is 21.2 Å². The number of benzene rings is 1. The van der Waals surface area contributed by atoms with Crippen LogP contribution in [0, 0.1) is 0 Å². The van der Waals surface area contributed by atoms with Gasteiger partial charge in [-0.25, -0.2) is 0 Å². The molecule has 1 N–H and O–H groups in total. The molecule has 2 rings (SSSR count). The molecule has 1 saturated heterocycles. The van der Waals surface area contributed by atoms with Gasteiger partial charge >= 0.3 is 6.18 Å². The number of halogens is 4. The van der Waals surface area contributed by atoms with E-state index in [4.69, 9.17) is 0 Å². The molecule has 1 aromatic carbocycles. The van der Waals surface area contributed by atoms with Crippen molar-refractivity contribution < 1.29 is 22.8 Å². The van der Waals surface area contributed by atoms with Gasteiger partial charge in [0.15, 0.2) is 0 Å². The molecule has 1 aliphatic heterocycles. The smallest absolute Gasteiger partial charge is 0.341 e. The van der Waals surface area contributed by atoms with Crippen molar-refractivity contribution in [3.63, 3.8) is 0 Å². The van der Waals surface area contributed by atoms with Crippen LogP contribution in [-0.4, -0.2) is 23.9 Å². The lowest BCUT2D eigenvalue weighted by molar-refractivity contribution is -0.137. The molecule has 0 radical (unpaired) electrons. The number of rotatable bonds is 1. The fourth-order valence-electron chi connectivity index (χ4n) is 2.10. The molecule has 1 aliphatic rings. The molecule has 114 valence electrons. The third-order valence-corrected chi connectivity index (χ3v) is 3.51. The van der Waals surface area contributed by atoms with Crippen molar-refractivity contribution in [3.8, 4) is 0 Å². The topological polar surface area (TPSA) is 49.4 Å². The molecule has 0 aromatic heterocycles. The molecule has 0 unspecified atom stereocenters. The van der Waals surface area contributed by atoms with Gasteiger partial charge in [-0.05, 0) is 32.0 Å². The Kier molecular flexibility index (Phi) is 3.77. The summed E-state index contributed by atoms with van der Waals surface area (Å²) in [5.74, 6) is -0.888. The zero-order valence-electron chi connectivity index (χ0n) is 11.2. The Labute approximate surface area is 127 Å². The van der Waals surface area contributed by atoms with E-state index in [1.807, 2.05) is 0 Å². The summed E-state index contributed by atoms with van der Waals surface area (Å²) in [4.78, 5) is 25.0. The molecule has 4 nitrogen and oxygen atoms in total. The second kappa shape index (κ2) is 5.01. The van der Waals surface area contributed by atoms with Gasteiger partial charge in [-0.3, -0.25) is 9.59 Å². The highest BCUT2D eigenvalue weighted by atomic mass is 79.9. The number of piperazine rings is 1. The van der Waals surface area contributed by atoms with Gasteiger partial charge in [0.1, 0.15) is 12.1 Å². The van der Waals surface area contributed by atoms with Crippen LogP contribution in [0.15, 0.2) is 22.7 Å². The van der Waals surface area contributed by atoms with Crippen LogP contribution in [0.4, 0.5) is 18.9 Å². The average Bonchev–Trinajstić information content (AvgIpc) is 2.31. The van der Waals surface area contributed by atoms with E-state index in [9.17, 15) is 22.8 Å². The summed E-state index contributed by atoms with van der Waals surface area (Å²) in [5, 5.41) is 2.50. The summed E-state index contributed by atoms with van der Waals surface area (Å²) < 4.78 is 38.7. The van der Waals surface area contributed by atoms with Crippen LogP contribution in [0.1, 0.15) is 19.4 Å². The lowest BCUT2D eigenvalue weighted by Crippen LogP contribution is -2.64. The Morgan fingerprint density at radius 2 is 1.86 bits per heavy atom. The van der Waals surface area contributed by atoms with Gasteiger partial charge in [-0.1, -0.05) is 15.9 Å². The third-order valence-electron chi connectivity index (χ3n) is 3.06. The predicted molar refractivity (Wildman–Crippen MR) is 73.7 cm³/mol. The lowest BCUT2D eigenvalue weighted by atomic mass is 9.99. The highest BCUT2D eigenvalue weighted by molar-refractivity contribution is 9.10. The number of alkyl halides is 3. The number of nitrogens with one attached hydrogen (secondary N) is 1. The van der Waals surface area contributed by atoms with Crippen LogP contribution in [-0.2, 0) is 15.8 Å². The van der Waals surface area contributed by atoms with Crippen molar-refractivity contribution in [1.29, 1.82) is 0 Å². The molecule has 1 fully saturated rings. The standard InChI is InChI=1S/C13H12BrF3N2O2/c1-12(2)11(21)19(6-10(20)18-12)9-4-7(13(15,16)17)3-8(14)5-9/h3-5H,6H2,1-2H3,(H,18,20). The van der Waals surface area contributed by atoms with E-state index in [1.165, 1.54) is 19.9 Å². The molecule has 1 heterocycles. The van der Waals surface area contributed by atoms with Gasteiger partial charge in [-0.15, -0.1) is 0 Å². The first-order valence-corrected chi connectivity index (χ1v) is 6.81. The first-order valence-electron chi connectivity index (χ1n) is 6.01. The van der Waals surface area contributed by atoms with Crippen LogP contribution in [0.25, 0.3) is 0 Å². The van der Waals surface area contributed by atoms with E-state index in [-0.39, 0.29) is 16.7 Å². The first-order chi connectivity index (χ1) is 9.50. The van der Waals surface area contributed by atoms with Crippen LogP contribution in [0.5, 0.6) is 0 Å². The summed E-state index contributed by atoms with van der Waals surface area (Å²) >= 11 is 3.00. The first kappa shape index (κ1) is 15.8. The van der Waals surface area contributed by atoms with Gasteiger partial charge in [0.2, 0.25) is 5.91 Å². The van der Waals surface area contributed by atoms with Crippen molar-refractivity contribution in [2.24, 2.45) is 0 Å². The number of anilines is 1. The minimum absolute atomic E-state index is 0.0321. The molecule has 21 heavy (non-hydrogen) atoms. The van der Waals surface area contributed by atoms with Gasteiger partial charge < -0.3 is 10.2 Å². The molecule has 0 aliphatic carbocycles. The lowest BCUT2D eigenvalue weighted by Gasteiger charge is -2.37. The van der Waals surface area contributed by atoms with Crippen LogP contribution in [0.2, 0.25) is 0 Å². The summed E-state index contributed by atoms with van der Waals surface area (Å²) in [5.41, 5.74) is -2.01. The van der Waals surface area contributed by atoms with Gasteiger partial charge in [0.05, 0.1) is 5.56 Å². The largest absolute Gasteiger partial charge is 0.416 e. The zero-order valence-corrected chi connectivity index (χ0v) is 12.8. The molecule has 0 atom stereocenters. The third kappa shape index (κ3) is 3.20. The van der Waals surface area contributed by atoms with E-state index >= 15 is 0 Å². The second-order valence-corrected chi connectivity index (χ2v) is 6.18. The van der Waals surface area contributed by atoms with Crippen molar-refractivity contribution in [1.82, 2.24) is 5.32 Å². The molecular weight excluding hydrogens is 353 g/mol. The summed E-state index contributed by atoms with van der Waals surface area (Å²) in [7, 11) is 0. The maximum atomic E-state index is 12.8. The van der Waals surface area contributed by atoms with E-state index < -0.39 is 29.1 Å². The van der Waals surface area contributed by atoms with Crippen LogP contribution in [0.3, 0.4) is 0 Å². The number of hydrogen-bond donors (Lipinski definition) is 1. The summed E-state index contributed by atoms with van der Waals surface area (Å²) in [6, 6.07) is 3.16. The number of nitrogens with zero attached hydrogens (tertiary/aromatic N) is 1. The summed E-state index contributed by atoms with van der Waals surface area (Å²) in [6.45, 7) is 2.69. The normalized spacial score (nSPS) is 18.7. The summed E-state index contributed by atoms with van der Waals surface area (Å²) in [6.07, 6.45) is -4.53. The SMILES string of the molecule is CC1(C)NC(=O)CN(c2cc(Br)cc(C(F)(F)F)c2)C1=O. The molecule has 0 saturated carbocycles. The van der Waals surface area contributed by atoms with Gasteiger partial charge in [0.25, 0.3) is 5.91 Å². The van der Waals surface area contributed by atoms with Gasteiger partial charge in [-0.2, -0.15) is 13.2 Å². The van der Waals surface area contributed by atoms with Crippen molar-refractivity contribution >= 4 is 33.4 Å². The van der Waals surface area contributed by atoms with Crippen molar-refractivity contribution in [2.45, 2.75) is 25.6 Å². The maximum Gasteiger partial charge on any atom is 0.416 e. The minimum atomic E-state index is -4.53. The zero-order chi connectivity index (χ0) is 16.0. The van der Waals surface area contributed by atoms with Gasteiger partial charge in [0, 0.05) is 10.2 Å².